The molecule has 140 valence electrons. The molecule has 9 heteroatoms. The van der Waals surface area contributed by atoms with Crippen molar-refractivity contribution in [2.24, 2.45) is 0 Å². The molecule has 0 saturated carbocycles. The molecule has 0 saturated heterocycles. The van der Waals surface area contributed by atoms with Gasteiger partial charge in [0.15, 0.2) is 5.69 Å². The van der Waals surface area contributed by atoms with Crippen molar-refractivity contribution in [3.63, 3.8) is 0 Å². The van der Waals surface area contributed by atoms with E-state index in [0.29, 0.717) is 18.8 Å². The van der Waals surface area contributed by atoms with Gasteiger partial charge in [0.2, 0.25) is 0 Å². The van der Waals surface area contributed by atoms with Crippen LogP contribution < -0.4 is 10.6 Å². The lowest BCUT2D eigenvalue weighted by molar-refractivity contribution is 0.0519. The van der Waals surface area contributed by atoms with Crippen LogP contribution in [-0.4, -0.2) is 33.4 Å². The molecule has 0 aliphatic heterocycles. The first-order valence-electron chi connectivity index (χ1n) is 8.34. The Labute approximate surface area is 160 Å². The lowest BCUT2D eigenvalue weighted by Crippen LogP contribution is -2.27. The molecule has 2 heterocycles. The van der Waals surface area contributed by atoms with Gasteiger partial charge in [-0.05, 0) is 44.2 Å². The average Bonchev–Trinajstić information content (AvgIpc) is 3.30. The minimum absolute atomic E-state index is 0.247. The predicted molar refractivity (Wildman–Crippen MR) is 102 cm³/mol. The summed E-state index contributed by atoms with van der Waals surface area (Å²) in [4.78, 5) is 28.8. The average molecular weight is 385 g/mol. The van der Waals surface area contributed by atoms with Gasteiger partial charge in [-0.1, -0.05) is 0 Å². The fourth-order valence-electron chi connectivity index (χ4n) is 2.31. The van der Waals surface area contributed by atoms with Gasteiger partial charge in [0.1, 0.15) is 0 Å². The van der Waals surface area contributed by atoms with Gasteiger partial charge in [0.05, 0.1) is 23.8 Å². The predicted octanol–water partition coefficient (Wildman–Crippen LogP) is 3.14. The molecule has 2 aromatic heterocycles. The van der Waals surface area contributed by atoms with E-state index >= 15 is 0 Å². The van der Waals surface area contributed by atoms with Crippen molar-refractivity contribution in [3.05, 3.63) is 58.3 Å². The number of aryl methyl sites for hydroxylation is 1. The Morgan fingerprint density at radius 1 is 1.22 bits per heavy atom. The molecule has 0 atom stereocenters. The normalized spacial score (nSPS) is 10.4. The van der Waals surface area contributed by atoms with E-state index in [4.69, 9.17) is 4.74 Å². The molecule has 0 spiro atoms. The summed E-state index contributed by atoms with van der Waals surface area (Å²) in [5.74, 6) is -0.456. The third kappa shape index (κ3) is 4.91. The Kier molecular flexibility index (Phi) is 5.82. The van der Waals surface area contributed by atoms with Gasteiger partial charge < -0.3 is 15.4 Å². The number of carbonyl (C=O) groups is 2. The molecule has 3 aromatic rings. The van der Waals surface area contributed by atoms with Crippen LogP contribution in [0.1, 0.15) is 27.3 Å². The van der Waals surface area contributed by atoms with Crippen molar-refractivity contribution in [2.75, 3.05) is 11.9 Å². The van der Waals surface area contributed by atoms with E-state index in [9.17, 15) is 9.59 Å². The molecule has 0 fully saturated rings. The molecule has 1 aromatic carbocycles. The summed E-state index contributed by atoms with van der Waals surface area (Å²) in [5.41, 5.74) is 1.66. The molecule has 3 rings (SSSR count). The number of benzene rings is 1. The van der Waals surface area contributed by atoms with Crippen LogP contribution in [0.2, 0.25) is 0 Å². The van der Waals surface area contributed by atoms with E-state index in [1.807, 2.05) is 6.92 Å². The second kappa shape index (κ2) is 8.45. The van der Waals surface area contributed by atoms with Crippen LogP contribution in [0.3, 0.4) is 0 Å². The molecular weight excluding hydrogens is 366 g/mol. The fraction of sp³-hybridized carbons (Fsp3) is 0.222. The zero-order chi connectivity index (χ0) is 19.2. The fourth-order valence-corrected chi connectivity index (χ4v) is 3.04. The van der Waals surface area contributed by atoms with Gasteiger partial charge in [0.25, 0.3) is 0 Å². The van der Waals surface area contributed by atoms with Crippen molar-refractivity contribution in [1.29, 1.82) is 0 Å². The first-order valence-corrected chi connectivity index (χ1v) is 9.16. The number of esters is 1. The van der Waals surface area contributed by atoms with Crippen LogP contribution in [0, 0.1) is 6.92 Å². The minimum Gasteiger partial charge on any atom is -0.461 e. The van der Waals surface area contributed by atoms with E-state index in [1.54, 1.807) is 65.7 Å². The summed E-state index contributed by atoms with van der Waals surface area (Å²) >= 11 is 1.55. The second-order valence-electron chi connectivity index (χ2n) is 5.57. The van der Waals surface area contributed by atoms with E-state index in [2.05, 4.69) is 20.7 Å². The van der Waals surface area contributed by atoms with Crippen LogP contribution in [0.25, 0.3) is 5.69 Å². The third-order valence-electron chi connectivity index (χ3n) is 3.56. The Morgan fingerprint density at radius 2 is 2.00 bits per heavy atom. The van der Waals surface area contributed by atoms with Crippen molar-refractivity contribution in [2.45, 2.75) is 20.4 Å². The molecule has 0 bridgehead atoms. The SMILES string of the molecule is CCOC(=O)c1ccn(-c2ccc(NC(=O)NCc3cnc(C)s3)cc2)n1. The van der Waals surface area contributed by atoms with Crippen LogP contribution >= 0.6 is 11.3 Å². The van der Waals surface area contributed by atoms with Crippen molar-refractivity contribution < 1.29 is 14.3 Å². The van der Waals surface area contributed by atoms with Crippen molar-refractivity contribution >= 4 is 29.0 Å². The Morgan fingerprint density at radius 3 is 2.67 bits per heavy atom. The van der Waals surface area contributed by atoms with E-state index in [1.165, 1.54) is 0 Å². The lowest BCUT2D eigenvalue weighted by Gasteiger charge is -2.08. The number of thiazole rings is 1. The topological polar surface area (TPSA) is 98.1 Å². The third-order valence-corrected chi connectivity index (χ3v) is 4.47. The number of ether oxygens (including phenoxy) is 1. The quantitative estimate of drug-likeness (QED) is 0.635. The molecule has 0 aliphatic rings. The summed E-state index contributed by atoms with van der Waals surface area (Å²) in [6.45, 7) is 4.40. The van der Waals surface area contributed by atoms with Gasteiger partial charge in [-0.15, -0.1) is 11.3 Å². The second-order valence-corrected chi connectivity index (χ2v) is 6.89. The highest BCUT2D eigenvalue weighted by atomic mass is 32.1. The van der Waals surface area contributed by atoms with E-state index in [0.717, 1.165) is 15.6 Å². The van der Waals surface area contributed by atoms with Gasteiger partial charge in [-0.3, -0.25) is 0 Å². The van der Waals surface area contributed by atoms with Crippen LogP contribution in [0.4, 0.5) is 10.5 Å². The molecule has 0 unspecified atom stereocenters. The van der Waals surface area contributed by atoms with Gasteiger partial charge in [-0.25, -0.2) is 19.3 Å². The van der Waals surface area contributed by atoms with E-state index < -0.39 is 5.97 Å². The molecule has 27 heavy (non-hydrogen) atoms. The van der Waals surface area contributed by atoms with Gasteiger partial charge in [0, 0.05) is 23.0 Å². The molecule has 0 aliphatic carbocycles. The Hall–Kier alpha value is -3.20. The highest BCUT2D eigenvalue weighted by Gasteiger charge is 2.11. The first-order chi connectivity index (χ1) is 13.0. The molecular formula is C18H19N5O3S. The zero-order valence-electron chi connectivity index (χ0n) is 14.9. The number of anilines is 1. The zero-order valence-corrected chi connectivity index (χ0v) is 15.7. The van der Waals surface area contributed by atoms with E-state index in [-0.39, 0.29) is 11.7 Å². The highest BCUT2D eigenvalue weighted by Crippen LogP contribution is 2.14. The van der Waals surface area contributed by atoms with Gasteiger partial charge >= 0.3 is 12.0 Å². The summed E-state index contributed by atoms with van der Waals surface area (Å²) in [6.07, 6.45) is 3.43. The first kappa shape index (κ1) is 18.6. The maximum Gasteiger partial charge on any atom is 0.358 e. The largest absolute Gasteiger partial charge is 0.461 e. The number of amides is 2. The number of aromatic nitrogens is 3. The number of hydrogen-bond donors (Lipinski definition) is 2. The molecule has 0 radical (unpaired) electrons. The number of nitrogens with zero attached hydrogens (tertiary/aromatic N) is 3. The molecule has 2 amide bonds. The summed E-state index contributed by atoms with van der Waals surface area (Å²) in [7, 11) is 0. The summed E-state index contributed by atoms with van der Waals surface area (Å²) < 4.78 is 6.50. The standard InChI is InChI=1S/C18H19N5O3S/c1-3-26-17(24)16-8-9-23(22-16)14-6-4-13(5-7-14)21-18(25)20-11-15-10-19-12(2)27-15/h4-10H,3,11H2,1-2H3,(H2,20,21,25). The maximum absolute atomic E-state index is 12.0. The number of hydrogen-bond acceptors (Lipinski definition) is 6. The lowest BCUT2D eigenvalue weighted by atomic mass is 10.3. The van der Waals surface area contributed by atoms with Crippen LogP contribution in [0.15, 0.2) is 42.7 Å². The summed E-state index contributed by atoms with van der Waals surface area (Å²) in [5, 5.41) is 10.7. The summed E-state index contributed by atoms with van der Waals surface area (Å²) in [6, 6.07) is 8.42. The highest BCUT2D eigenvalue weighted by molar-refractivity contribution is 7.11. The number of carbonyl (C=O) groups excluding carboxylic acids is 2. The van der Waals surface area contributed by atoms with Gasteiger partial charge in [-0.2, -0.15) is 5.10 Å². The maximum atomic E-state index is 12.0. The van der Waals surface area contributed by atoms with Crippen LogP contribution in [0.5, 0.6) is 0 Å². The smallest absolute Gasteiger partial charge is 0.358 e. The number of nitrogens with one attached hydrogen (secondary N) is 2. The van der Waals surface area contributed by atoms with Crippen molar-refractivity contribution in [3.8, 4) is 5.69 Å². The minimum atomic E-state index is -0.456. The number of rotatable bonds is 6. The van der Waals surface area contributed by atoms with Crippen molar-refractivity contribution in [1.82, 2.24) is 20.1 Å². The Balaban J connectivity index is 1.56. The molecule has 8 nitrogen and oxygen atoms in total. The Bertz CT molecular complexity index is 933. The monoisotopic (exact) mass is 385 g/mol. The van der Waals surface area contributed by atoms with Crippen LogP contribution in [-0.2, 0) is 11.3 Å². The molecule has 2 N–H and O–H groups in total. The number of urea groups is 1.